The van der Waals surface area contributed by atoms with E-state index in [0.717, 1.165) is 5.56 Å². The van der Waals surface area contributed by atoms with Crippen LogP contribution in [0.15, 0.2) is 18.2 Å². The summed E-state index contributed by atoms with van der Waals surface area (Å²) in [6.07, 6.45) is 0. The van der Waals surface area contributed by atoms with E-state index in [2.05, 4.69) is 6.07 Å². The molecule has 0 saturated carbocycles. The second-order valence-electron chi connectivity index (χ2n) is 1.69. The summed E-state index contributed by atoms with van der Waals surface area (Å²) in [4.78, 5) is 0. The summed E-state index contributed by atoms with van der Waals surface area (Å²) >= 11 is 0. The number of benzene rings is 1. The van der Waals surface area contributed by atoms with Crippen LogP contribution < -0.4 is 18.9 Å². The van der Waals surface area contributed by atoms with E-state index in [1.807, 2.05) is 6.92 Å². The monoisotopic (exact) mass is 116 g/mol. The van der Waals surface area contributed by atoms with Crippen molar-refractivity contribution in [3.8, 4) is 0 Å². The summed E-state index contributed by atoms with van der Waals surface area (Å²) in [5, 5.41) is 0. The fraction of sp³-hybridized carbons (Fsp3) is 0.143. The largest absolute Gasteiger partial charge is 1.00 e. The zero-order valence-electron chi connectivity index (χ0n) is 5.61. The summed E-state index contributed by atoms with van der Waals surface area (Å²) in [7, 11) is 0. The van der Waals surface area contributed by atoms with Gasteiger partial charge >= 0.3 is 18.9 Å². The number of halogens is 1. The normalized spacial score (nSPS) is 8.22. The maximum atomic E-state index is 12.1. The van der Waals surface area contributed by atoms with Gasteiger partial charge in [0, 0.05) is 5.82 Å². The van der Waals surface area contributed by atoms with E-state index in [1.54, 1.807) is 6.07 Å². The molecule has 0 heterocycles. The van der Waals surface area contributed by atoms with Crippen LogP contribution in [0.25, 0.3) is 0 Å². The third kappa shape index (κ3) is 2.69. The van der Waals surface area contributed by atoms with E-state index in [0.29, 0.717) is 0 Å². The quantitative estimate of drug-likeness (QED) is 0.299. The maximum absolute atomic E-state index is 12.1. The van der Waals surface area contributed by atoms with Crippen LogP contribution in [0.5, 0.6) is 0 Å². The average molecular weight is 116 g/mol. The minimum Gasteiger partial charge on any atom is -0.236 e. The Hall–Kier alpha value is -0.253. The van der Waals surface area contributed by atoms with Gasteiger partial charge in [-0.05, 0) is 0 Å². The van der Waals surface area contributed by atoms with E-state index in [4.69, 9.17) is 0 Å². The topological polar surface area (TPSA) is 0 Å². The zero-order chi connectivity index (χ0) is 5.98. The predicted octanol–water partition coefficient (Wildman–Crippen LogP) is -1.06. The summed E-state index contributed by atoms with van der Waals surface area (Å²) in [5.41, 5.74) is 0.838. The van der Waals surface area contributed by atoms with Gasteiger partial charge in [-0.2, -0.15) is 17.7 Å². The van der Waals surface area contributed by atoms with Gasteiger partial charge in [-0.3, -0.25) is 0 Å². The molecule has 1 rings (SSSR count). The van der Waals surface area contributed by atoms with Crippen LogP contribution >= 0.6 is 0 Å². The van der Waals surface area contributed by atoms with Crippen molar-refractivity contribution in [2.75, 3.05) is 0 Å². The molecule has 2 heteroatoms. The van der Waals surface area contributed by atoms with E-state index >= 15 is 0 Å². The molecule has 0 bridgehead atoms. The average Bonchev–Trinajstić information content (AvgIpc) is 1.64. The van der Waals surface area contributed by atoms with Crippen LogP contribution in [0.1, 0.15) is 5.56 Å². The molecule has 0 spiro atoms. The SMILES string of the molecule is Cc1[c-]ccc(F)c1.[Li+]. The standard InChI is InChI=1S/C7H6F.Li/c1-6-3-2-4-7(8)5-6;/h2,4-5H,1H3;/q-1;+1. The van der Waals surface area contributed by atoms with Crippen molar-refractivity contribution in [3.05, 3.63) is 35.6 Å². The van der Waals surface area contributed by atoms with Crippen LogP contribution in [0.3, 0.4) is 0 Å². The van der Waals surface area contributed by atoms with Gasteiger partial charge in [-0.15, -0.1) is 12.1 Å². The molecule has 0 radical (unpaired) electrons. The molecule has 9 heavy (non-hydrogen) atoms. The Labute approximate surface area is 66.3 Å². The number of hydrogen-bond acceptors (Lipinski definition) is 0. The molecule has 0 aliphatic rings. The Morgan fingerprint density at radius 3 is 2.56 bits per heavy atom. The van der Waals surface area contributed by atoms with Crippen molar-refractivity contribution in [1.29, 1.82) is 0 Å². The second kappa shape index (κ2) is 3.71. The molecule has 0 N–H and O–H groups in total. The van der Waals surface area contributed by atoms with Gasteiger partial charge in [0.1, 0.15) is 0 Å². The Morgan fingerprint density at radius 2 is 2.22 bits per heavy atom. The molecule has 0 saturated heterocycles. The molecule has 1 aromatic rings. The van der Waals surface area contributed by atoms with Gasteiger partial charge in [-0.25, -0.2) is 4.39 Å². The molecule has 42 valence electrons. The van der Waals surface area contributed by atoms with E-state index in [-0.39, 0.29) is 24.7 Å². The molecule has 0 aliphatic heterocycles. The van der Waals surface area contributed by atoms with Gasteiger partial charge in [0.15, 0.2) is 0 Å². The van der Waals surface area contributed by atoms with Crippen molar-refractivity contribution < 1.29 is 23.3 Å². The minimum atomic E-state index is -0.193. The number of aryl methyl sites for hydroxylation is 1. The van der Waals surface area contributed by atoms with Crippen molar-refractivity contribution in [2.45, 2.75) is 6.92 Å². The number of hydrogen-bond donors (Lipinski definition) is 0. The molecule has 0 nitrogen and oxygen atoms in total. The first-order valence-electron chi connectivity index (χ1n) is 2.43. The van der Waals surface area contributed by atoms with Gasteiger partial charge in [-0.1, -0.05) is 6.92 Å². The molecule has 0 aliphatic carbocycles. The van der Waals surface area contributed by atoms with Gasteiger partial charge in [0.2, 0.25) is 0 Å². The van der Waals surface area contributed by atoms with Crippen LogP contribution in [-0.2, 0) is 0 Å². The molecular formula is C7H6FLi. The van der Waals surface area contributed by atoms with Crippen LogP contribution in [0, 0.1) is 18.8 Å². The maximum Gasteiger partial charge on any atom is 1.00 e. The van der Waals surface area contributed by atoms with E-state index in [1.165, 1.54) is 12.1 Å². The van der Waals surface area contributed by atoms with Gasteiger partial charge in [0.05, 0.1) is 0 Å². The molecule has 0 atom stereocenters. The molecule has 0 aromatic heterocycles. The van der Waals surface area contributed by atoms with Crippen LogP contribution in [0.2, 0.25) is 0 Å². The van der Waals surface area contributed by atoms with Crippen molar-refractivity contribution in [2.24, 2.45) is 0 Å². The van der Waals surface area contributed by atoms with Crippen LogP contribution in [0.4, 0.5) is 4.39 Å². The molecule has 0 fully saturated rings. The van der Waals surface area contributed by atoms with Crippen molar-refractivity contribution >= 4 is 0 Å². The molecule has 1 aromatic carbocycles. The third-order valence-corrected chi connectivity index (χ3v) is 0.908. The van der Waals surface area contributed by atoms with E-state index in [9.17, 15) is 4.39 Å². The first-order valence-corrected chi connectivity index (χ1v) is 2.43. The van der Waals surface area contributed by atoms with Crippen molar-refractivity contribution in [3.63, 3.8) is 0 Å². The smallest absolute Gasteiger partial charge is 0.236 e. The van der Waals surface area contributed by atoms with Gasteiger partial charge in [0.25, 0.3) is 0 Å². The zero-order valence-corrected chi connectivity index (χ0v) is 5.61. The molecular weight excluding hydrogens is 110 g/mol. The summed E-state index contributed by atoms with van der Waals surface area (Å²) < 4.78 is 12.1. The minimum absolute atomic E-state index is 0. The predicted molar refractivity (Wildman–Crippen MR) is 30.0 cm³/mol. The first kappa shape index (κ1) is 8.75. The summed E-state index contributed by atoms with van der Waals surface area (Å²) in [6, 6.07) is 7.23. The fourth-order valence-electron chi connectivity index (χ4n) is 0.549. The Morgan fingerprint density at radius 1 is 1.56 bits per heavy atom. The summed E-state index contributed by atoms with van der Waals surface area (Å²) in [5.74, 6) is -0.193. The van der Waals surface area contributed by atoms with Crippen molar-refractivity contribution in [1.82, 2.24) is 0 Å². The second-order valence-corrected chi connectivity index (χ2v) is 1.69. The van der Waals surface area contributed by atoms with E-state index < -0.39 is 0 Å². The number of rotatable bonds is 0. The third-order valence-electron chi connectivity index (χ3n) is 0.908. The Balaban J connectivity index is 0.000000640. The first-order chi connectivity index (χ1) is 3.79. The fourth-order valence-corrected chi connectivity index (χ4v) is 0.549. The van der Waals surface area contributed by atoms with Gasteiger partial charge < -0.3 is 0 Å². The van der Waals surface area contributed by atoms with Crippen LogP contribution in [-0.4, -0.2) is 0 Å². The molecule has 0 amide bonds. The summed E-state index contributed by atoms with van der Waals surface area (Å²) in [6.45, 7) is 1.81. The Kier molecular flexibility index (Phi) is 3.61. The Bertz CT molecular complexity index is 169. The molecule has 0 unspecified atom stereocenters.